The van der Waals surface area contributed by atoms with Gasteiger partial charge in [-0.25, -0.2) is 16.8 Å². The molecule has 17 heavy (non-hydrogen) atoms. The van der Waals surface area contributed by atoms with Gasteiger partial charge in [-0.2, -0.15) is 4.31 Å². The SMILES string of the molecule is CS(=O)(=O)CCS(=O)(=O)N(CC(=O)O)C1CC1. The molecule has 7 nitrogen and oxygen atoms in total. The maximum Gasteiger partial charge on any atom is 0.318 e. The van der Waals surface area contributed by atoms with Crippen LogP contribution in [-0.4, -0.2) is 62.6 Å². The van der Waals surface area contributed by atoms with Gasteiger partial charge in [-0.15, -0.1) is 0 Å². The minimum absolute atomic E-state index is 0.282. The van der Waals surface area contributed by atoms with Gasteiger partial charge in [0.05, 0.1) is 11.5 Å². The lowest BCUT2D eigenvalue weighted by Crippen LogP contribution is -2.40. The fraction of sp³-hybridized carbons (Fsp3) is 0.875. The van der Waals surface area contributed by atoms with Gasteiger partial charge >= 0.3 is 5.97 Å². The Hall–Kier alpha value is -0.670. The van der Waals surface area contributed by atoms with Gasteiger partial charge in [0.25, 0.3) is 0 Å². The predicted octanol–water partition coefficient (Wildman–Crippen LogP) is -1.09. The molecule has 1 rings (SSSR count). The van der Waals surface area contributed by atoms with Crippen molar-refractivity contribution in [1.82, 2.24) is 4.31 Å². The second-order valence-electron chi connectivity index (χ2n) is 4.12. The lowest BCUT2D eigenvalue weighted by atomic mass is 10.6. The lowest BCUT2D eigenvalue weighted by Gasteiger charge is -2.19. The summed E-state index contributed by atoms with van der Waals surface area (Å²) >= 11 is 0. The van der Waals surface area contributed by atoms with Crippen molar-refractivity contribution in [3.8, 4) is 0 Å². The van der Waals surface area contributed by atoms with Crippen molar-refractivity contribution < 1.29 is 26.7 Å². The second kappa shape index (κ2) is 4.91. The summed E-state index contributed by atoms with van der Waals surface area (Å²) in [4.78, 5) is 10.6. The summed E-state index contributed by atoms with van der Waals surface area (Å²) in [5.41, 5.74) is 0. The summed E-state index contributed by atoms with van der Waals surface area (Å²) in [5.74, 6) is -2.28. The third kappa shape index (κ3) is 5.00. The Balaban J connectivity index is 2.74. The average Bonchev–Trinajstić information content (AvgIpc) is 2.93. The molecule has 1 fully saturated rings. The van der Waals surface area contributed by atoms with E-state index in [0.717, 1.165) is 10.6 Å². The molecule has 0 heterocycles. The van der Waals surface area contributed by atoms with Crippen LogP contribution in [0.1, 0.15) is 12.8 Å². The van der Waals surface area contributed by atoms with Gasteiger partial charge < -0.3 is 5.11 Å². The molecule has 0 bridgehead atoms. The molecule has 9 heteroatoms. The normalized spacial score (nSPS) is 17.3. The van der Waals surface area contributed by atoms with Gasteiger partial charge in [0.2, 0.25) is 10.0 Å². The highest BCUT2D eigenvalue weighted by Crippen LogP contribution is 2.29. The van der Waals surface area contributed by atoms with Crippen molar-refractivity contribution >= 4 is 25.8 Å². The molecule has 1 aliphatic rings. The van der Waals surface area contributed by atoms with Crippen LogP contribution in [0.2, 0.25) is 0 Å². The number of sulfonamides is 1. The molecule has 0 aromatic carbocycles. The zero-order valence-electron chi connectivity index (χ0n) is 9.37. The highest BCUT2D eigenvalue weighted by molar-refractivity contribution is 7.93. The smallest absolute Gasteiger partial charge is 0.318 e. The second-order valence-corrected chi connectivity index (χ2v) is 8.42. The van der Waals surface area contributed by atoms with Gasteiger partial charge in [0, 0.05) is 12.3 Å². The maximum absolute atomic E-state index is 11.8. The molecule has 1 aliphatic carbocycles. The predicted molar refractivity (Wildman–Crippen MR) is 60.9 cm³/mol. The zero-order chi connectivity index (χ0) is 13.3. The number of sulfone groups is 1. The molecule has 0 unspecified atom stereocenters. The van der Waals surface area contributed by atoms with E-state index in [4.69, 9.17) is 5.11 Å². The van der Waals surface area contributed by atoms with E-state index >= 15 is 0 Å². The Morgan fingerprint density at radius 3 is 2.12 bits per heavy atom. The van der Waals surface area contributed by atoms with Crippen LogP contribution in [0.5, 0.6) is 0 Å². The summed E-state index contributed by atoms with van der Waals surface area (Å²) in [6.45, 7) is -0.600. The van der Waals surface area contributed by atoms with Gasteiger partial charge in [0.15, 0.2) is 0 Å². The van der Waals surface area contributed by atoms with Crippen LogP contribution in [-0.2, 0) is 24.7 Å². The number of aliphatic carboxylic acids is 1. The molecule has 0 aromatic rings. The molecule has 0 aromatic heterocycles. The summed E-state index contributed by atoms with van der Waals surface area (Å²) in [7, 11) is -7.19. The van der Waals surface area contributed by atoms with Crippen LogP contribution in [0.15, 0.2) is 0 Å². The van der Waals surface area contributed by atoms with Crippen molar-refractivity contribution in [1.29, 1.82) is 0 Å². The van der Waals surface area contributed by atoms with Crippen molar-refractivity contribution in [3.63, 3.8) is 0 Å². The maximum atomic E-state index is 11.8. The first-order valence-electron chi connectivity index (χ1n) is 5.01. The van der Waals surface area contributed by atoms with Crippen molar-refractivity contribution in [3.05, 3.63) is 0 Å². The molecule has 0 spiro atoms. The van der Waals surface area contributed by atoms with Crippen molar-refractivity contribution in [2.75, 3.05) is 24.3 Å². The van der Waals surface area contributed by atoms with Crippen molar-refractivity contribution in [2.45, 2.75) is 18.9 Å². The third-order valence-electron chi connectivity index (χ3n) is 2.31. The first-order chi connectivity index (χ1) is 7.62. The first kappa shape index (κ1) is 14.4. The average molecular weight is 285 g/mol. The highest BCUT2D eigenvalue weighted by Gasteiger charge is 2.38. The molecule has 0 saturated heterocycles. The van der Waals surface area contributed by atoms with E-state index in [1.807, 2.05) is 0 Å². The molecule has 0 radical (unpaired) electrons. The molecule has 100 valence electrons. The Kier molecular flexibility index (Phi) is 4.15. The van der Waals surface area contributed by atoms with Crippen LogP contribution in [0.3, 0.4) is 0 Å². The third-order valence-corrected chi connectivity index (χ3v) is 5.38. The first-order valence-corrected chi connectivity index (χ1v) is 8.68. The van der Waals surface area contributed by atoms with E-state index in [-0.39, 0.29) is 6.04 Å². The molecular weight excluding hydrogens is 270 g/mol. The number of carboxylic acid groups (broad SMARTS) is 1. The van der Waals surface area contributed by atoms with Crippen LogP contribution in [0, 0.1) is 0 Å². The number of hydrogen-bond donors (Lipinski definition) is 1. The number of hydrogen-bond acceptors (Lipinski definition) is 5. The van der Waals surface area contributed by atoms with Gasteiger partial charge in [-0.05, 0) is 12.8 Å². The van der Waals surface area contributed by atoms with Crippen molar-refractivity contribution in [2.24, 2.45) is 0 Å². The fourth-order valence-corrected chi connectivity index (χ4v) is 4.58. The van der Waals surface area contributed by atoms with Gasteiger partial charge in [-0.3, -0.25) is 4.79 Å². The highest BCUT2D eigenvalue weighted by atomic mass is 32.2. The zero-order valence-corrected chi connectivity index (χ0v) is 11.0. The van der Waals surface area contributed by atoms with E-state index in [9.17, 15) is 21.6 Å². The summed E-state index contributed by atoms with van der Waals surface area (Å²) in [5, 5.41) is 8.63. The number of rotatable bonds is 7. The Labute approximate surface area is 100 Å². The summed E-state index contributed by atoms with van der Waals surface area (Å²) in [6, 6.07) is -0.282. The molecule has 0 amide bonds. The van der Waals surface area contributed by atoms with Crippen LogP contribution in [0.25, 0.3) is 0 Å². The topological polar surface area (TPSA) is 109 Å². The van der Waals surface area contributed by atoms with Crippen LogP contribution in [0.4, 0.5) is 0 Å². The summed E-state index contributed by atoms with van der Waals surface area (Å²) in [6.07, 6.45) is 2.21. The quantitative estimate of drug-likeness (QED) is 0.636. The number of carbonyl (C=O) groups is 1. The Morgan fingerprint density at radius 2 is 1.76 bits per heavy atom. The molecular formula is C8H15NO6S2. The number of nitrogens with zero attached hydrogens (tertiary/aromatic N) is 1. The fourth-order valence-electron chi connectivity index (χ4n) is 1.32. The largest absolute Gasteiger partial charge is 0.480 e. The van der Waals surface area contributed by atoms with E-state index in [1.165, 1.54) is 0 Å². The molecule has 1 N–H and O–H groups in total. The summed E-state index contributed by atoms with van der Waals surface area (Å²) < 4.78 is 46.3. The Morgan fingerprint density at radius 1 is 1.24 bits per heavy atom. The monoisotopic (exact) mass is 285 g/mol. The van der Waals surface area contributed by atoms with Gasteiger partial charge in [0.1, 0.15) is 16.4 Å². The van der Waals surface area contributed by atoms with E-state index in [2.05, 4.69) is 0 Å². The molecule has 1 saturated carbocycles. The van der Waals surface area contributed by atoms with Gasteiger partial charge in [-0.1, -0.05) is 0 Å². The lowest BCUT2D eigenvalue weighted by molar-refractivity contribution is -0.137. The van der Waals surface area contributed by atoms with E-state index < -0.39 is 43.9 Å². The van der Waals surface area contributed by atoms with Crippen LogP contribution >= 0.6 is 0 Å². The minimum Gasteiger partial charge on any atom is -0.480 e. The molecule has 0 atom stereocenters. The van der Waals surface area contributed by atoms with Crippen LogP contribution < -0.4 is 0 Å². The Bertz CT molecular complexity index is 490. The van der Waals surface area contributed by atoms with E-state index in [1.54, 1.807) is 0 Å². The molecule has 0 aliphatic heterocycles. The standard InChI is InChI=1S/C8H15NO6S2/c1-16(12,13)4-5-17(14,15)9(6-8(10)11)7-2-3-7/h7H,2-6H2,1H3,(H,10,11). The van der Waals surface area contributed by atoms with E-state index in [0.29, 0.717) is 12.8 Å². The number of carboxylic acids is 1. The minimum atomic E-state index is -3.81.